The van der Waals surface area contributed by atoms with Gasteiger partial charge in [0.2, 0.25) is 15.9 Å². The summed E-state index contributed by atoms with van der Waals surface area (Å²) in [7, 11) is -3.65. The smallest absolute Gasteiger partial charge is 0.328 e. The topological polar surface area (TPSA) is 92.8 Å². The van der Waals surface area contributed by atoms with Crippen LogP contribution in [-0.4, -0.2) is 49.3 Å². The number of ether oxygens (including phenoxy) is 1. The second kappa shape index (κ2) is 8.61. The first-order valence-corrected chi connectivity index (χ1v) is 10.9. The van der Waals surface area contributed by atoms with Gasteiger partial charge < -0.3 is 10.1 Å². The van der Waals surface area contributed by atoms with Crippen molar-refractivity contribution in [1.82, 2.24) is 9.62 Å². The van der Waals surface area contributed by atoms with Crippen LogP contribution in [0.5, 0.6) is 0 Å². The van der Waals surface area contributed by atoms with Crippen LogP contribution in [0.25, 0.3) is 0 Å². The maximum atomic E-state index is 12.9. The SMILES string of the molecule is Cc1ccc(S(=O)(=O)N2CCC[C@@H](C(=O)N[C@H](C)C(=O)OC(C)(C)C)C2)cc1. The van der Waals surface area contributed by atoms with Gasteiger partial charge in [0.05, 0.1) is 10.8 Å². The van der Waals surface area contributed by atoms with Crippen molar-refractivity contribution in [3.8, 4) is 0 Å². The molecule has 1 N–H and O–H groups in total. The van der Waals surface area contributed by atoms with Gasteiger partial charge in [0.15, 0.2) is 0 Å². The van der Waals surface area contributed by atoms with E-state index in [0.29, 0.717) is 19.4 Å². The average molecular weight is 411 g/mol. The second-order valence-corrected chi connectivity index (χ2v) is 10.2. The molecule has 1 fully saturated rings. The molecule has 1 amide bonds. The molecule has 2 atom stereocenters. The van der Waals surface area contributed by atoms with Crippen LogP contribution in [0.3, 0.4) is 0 Å². The van der Waals surface area contributed by atoms with Crippen LogP contribution in [0.4, 0.5) is 0 Å². The summed E-state index contributed by atoms with van der Waals surface area (Å²) in [5.41, 5.74) is 0.339. The quantitative estimate of drug-likeness (QED) is 0.752. The Morgan fingerprint density at radius 2 is 1.82 bits per heavy atom. The van der Waals surface area contributed by atoms with Crippen molar-refractivity contribution in [1.29, 1.82) is 0 Å². The van der Waals surface area contributed by atoms with Gasteiger partial charge in [-0.1, -0.05) is 17.7 Å². The molecule has 0 spiro atoms. The van der Waals surface area contributed by atoms with Gasteiger partial charge in [0.25, 0.3) is 0 Å². The third kappa shape index (κ3) is 5.78. The molecule has 8 heteroatoms. The first-order chi connectivity index (χ1) is 12.9. The molecule has 1 heterocycles. The number of nitrogens with one attached hydrogen (secondary N) is 1. The summed E-state index contributed by atoms with van der Waals surface area (Å²) in [4.78, 5) is 24.9. The summed E-state index contributed by atoms with van der Waals surface area (Å²) in [6, 6.07) is 5.88. The molecule has 0 radical (unpaired) electrons. The fourth-order valence-corrected chi connectivity index (χ4v) is 4.54. The minimum Gasteiger partial charge on any atom is -0.458 e. The van der Waals surface area contributed by atoms with Crippen molar-refractivity contribution < 1.29 is 22.7 Å². The molecular weight excluding hydrogens is 380 g/mol. The number of amides is 1. The van der Waals surface area contributed by atoms with Crippen LogP contribution in [0.15, 0.2) is 29.2 Å². The number of carbonyl (C=O) groups is 2. The highest BCUT2D eigenvalue weighted by atomic mass is 32.2. The maximum Gasteiger partial charge on any atom is 0.328 e. The molecule has 1 saturated heterocycles. The molecule has 0 aliphatic carbocycles. The lowest BCUT2D eigenvalue weighted by atomic mass is 9.98. The van der Waals surface area contributed by atoms with E-state index in [1.165, 1.54) is 4.31 Å². The molecule has 1 aromatic rings. The largest absolute Gasteiger partial charge is 0.458 e. The molecule has 0 saturated carbocycles. The maximum absolute atomic E-state index is 12.9. The summed E-state index contributed by atoms with van der Waals surface area (Å²) >= 11 is 0. The van der Waals surface area contributed by atoms with Crippen molar-refractivity contribution in [2.24, 2.45) is 5.92 Å². The van der Waals surface area contributed by atoms with Crippen molar-refractivity contribution in [3.05, 3.63) is 29.8 Å². The first-order valence-electron chi connectivity index (χ1n) is 9.50. The lowest BCUT2D eigenvalue weighted by molar-refractivity contribution is -0.158. The number of rotatable bonds is 5. The van der Waals surface area contributed by atoms with E-state index in [0.717, 1.165) is 5.56 Å². The number of benzene rings is 1. The molecule has 0 aromatic heterocycles. The second-order valence-electron chi connectivity index (χ2n) is 8.28. The van der Waals surface area contributed by atoms with Gasteiger partial charge in [-0.3, -0.25) is 4.79 Å². The third-order valence-electron chi connectivity index (χ3n) is 4.53. The number of piperidine rings is 1. The van der Waals surface area contributed by atoms with E-state index < -0.39 is 33.6 Å². The molecule has 7 nitrogen and oxygen atoms in total. The lowest BCUT2D eigenvalue weighted by Gasteiger charge is -2.32. The van der Waals surface area contributed by atoms with Crippen LogP contribution < -0.4 is 5.32 Å². The Hall–Kier alpha value is -1.93. The zero-order valence-electron chi connectivity index (χ0n) is 17.2. The van der Waals surface area contributed by atoms with E-state index in [-0.39, 0.29) is 17.3 Å². The predicted octanol–water partition coefficient (Wildman–Crippen LogP) is 2.24. The number of hydrogen-bond donors (Lipinski definition) is 1. The Labute approximate surface area is 167 Å². The minimum atomic E-state index is -3.65. The Balaban J connectivity index is 2.03. The van der Waals surface area contributed by atoms with Gasteiger partial charge in [-0.05, 0) is 59.6 Å². The van der Waals surface area contributed by atoms with E-state index in [1.54, 1.807) is 52.0 Å². The van der Waals surface area contributed by atoms with Crippen molar-refractivity contribution in [3.63, 3.8) is 0 Å². The fourth-order valence-electron chi connectivity index (χ4n) is 3.01. The molecule has 2 rings (SSSR count). The molecular formula is C20H30N2O5S. The van der Waals surface area contributed by atoms with Crippen LogP contribution >= 0.6 is 0 Å². The van der Waals surface area contributed by atoms with Crippen molar-refractivity contribution in [2.75, 3.05) is 13.1 Å². The van der Waals surface area contributed by atoms with Crippen LogP contribution in [0.1, 0.15) is 46.1 Å². The monoisotopic (exact) mass is 410 g/mol. The molecule has 1 aliphatic rings. The predicted molar refractivity (Wildman–Crippen MR) is 106 cm³/mol. The molecule has 1 aromatic carbocycles. The highest BCUT2D eigenvalue weighted by Gasteiger charge is 2.34. The first kappa shape index (κ1) is 22.4. The molecule has 28 heavy (non-hydrogen) atoms. The van der Waals surface area contributed by atoms with Gasteiger partial charge in [0.1, 0.15) is 11.6 Å². The van der Waals surface area contributed by atoms with Crippen LogP contribution in [-0.2, 0) is 24.3 Å². The normalized spacial score (nSPS) is 19.7. The third-order valence-corrected chi connectivity index (χ3v) is 6.41. The molecule has 156 valence electrons. The number of sulfonamides is 1. The highest BCUT2D eigenvalue weighted by Crippen LogP contribution is 2.24. The summed E-state index contributed by atoms with van der Waals surface area (Å²) < 4.78 is 32.4. The van der Waals surface area contributed by atoms with Gasteiger partial charge in [-0.2, -0.15) is 4.31 Å². The van der Waals surface area contributed by atoms with Gasteiger partial charge in [-0.15, -0.1) is 0 Å². The van der Waals surface area contributed by atoms with Gasteiger partial charge in [-0.25, -0.2) is 13.2 Å². The Morgan fingerprint density at radius 3 is 2.39 bits per heavy atom. The number of aryl methyl sites for hydroxylation is 1. The van der Waals surface area contributed by atoms with E-state index in [2.05, 4.69) is 5.32 Å². The Kier molecular flexibility index (Phi) is 6.88. The van der Waals surface area contributed by atoms with E-state index in [1.807, 2.05) is 6.92 Å². The summed E-state index contributed by atoms with van der Waals surface area (Å²) in [5, 5.41) is 2.66. The molecule has 0 unspecified atom stereocenters. The van der Waals surface area contributed by atoms with Crippen molar-refractivity contribution in [2.45, 2.75) is 64.0 Å². The van der Waals surface area contributed by atoms with E-state index >= 15 is 0 Å². The zero-order chi connectivity index (χ0) is 21.1. The highest BCUT2D eigenvalue weighted by molar-refractivity contribution is 7.89. The minimum absolute atomic E-state index is 0.100. The van der Waals surface area contributed by atoms with Gasteiger partial charge >= 0.3 is 5.97 Å². The van der Waals surface area contributed by atoms with Crippen LogP contribution in [0, 0.1) is 12.8 Å². The fraction of sp³-hybridized carbons (Fsp3) is 0.600. The molecule has 0 bridgehead atoms. The number of nitrogens with zero attached hydrogens (tertiary/aromatic N) is 1. The average Bonchev–Trinajstić information content (AvgIpc) is 2.60. The number of hydrogen-bond acceptors (Lipinski definition) is 5. The van der Waals surface area contributed by atoms with E-state index in [9.17, 15) is 18.0 Å². The van der Waals surface area contributed by atoms with Crippen LogP contribution in [0.2, 0.25) is 0 Å². The molecule has 1 aliphatic heterocycles. The standard InChI is InChI=1S/C20H30N2O5S/c1-14-8-10-17(11-9-14)28(25,26)22-12-6-7-16(13-22)18(23)21-15(2)19(24)27-20(3,4)5/h8-11,15-16H,6-7,12-13H2,1-5H3,(H,21,23)/t15-,16-/m1/s1. The summed E-state index contributed by atoms with van der Waals surface area (Å²) in [6.07, 6.45) is 1.16. The lowest BCUT2D eigenvalue weighted by Crippen LogP contribution is -2.49. The van der Waals surface area contributed by atoms with Crippen molar-refractivity contribution >= 4 is 21.9 Å². The Morgan fingerprint density at radius 1 is 1.21 bits per heavy atom. The number of carbonyl (C=O) groups excluding carboxylic acids is 2. The van der Waals surface area contributed by atoms with Gasteiger partial charge in [0, 0.05) is 13.1 Å². The summed E-state index contributed by atoms with van der Waals surface area (Å²) in [6.45, 7) is 9.21. The summed E-state index contributed by atoms with van der Waals surface area (Å²) in [5.74, 6) is -1.35. The Bertz CT molecular complexity index is 812. The number of esters is 1. The zero-order valence-corrected chi connectivity index (χ0v) is 18.0. The van der Waals surface area contributed by atoms with E-state index in [4.69, 9.17) is 4.74 Å².